The monoisotopic (exact) mass is 288 g/mol. The van der Waals surface area contributed by atoms with E-state index in [-0.39, 0.29) is 11.9 Å². The number of benzene rings is 1. The van der Waals surface area contributed by atoms with Crippen LogP contribution in [0.5, 0.6) is 5.75 Å². The minimum absolute atomic E-state index is 0.0186. The number of Topliss-reactive ketones (excluding diaryl/α,β-unsaturated/α-hetero) is 1. The van der Waals surface area contributed by atoms with Crippen LogP contribution in [0, 0.1) is 5.82 Å². The lowest BCUT2D eigenvalue weighted by Gasteiger charge is -2.33. The van der Waals surface area contributed by atoms with E-state index in [1.165, 1.54) is 13.2 Å². The first-order chi connectivity index (χ1) is 7.61. The highest BCUT2D eigenvalue weighted by molar-refractivity contribution is 9.10. The lowest BCUT2D eigenvalue weighted by atomic mass is 9.90. The van der Waals surface area contributed by atoms with Crippen LogP contribution in [-0.2, 0) is 9.53 Å². The van der Waals surface area contributed by atoms with Gasteiger partial charge in [-0.25, -0.2) is 4.39 Å². The van der Waals surface area contributed by atoms with Crippen LogP contribution in [0.3, 0.4) is 0 Å². The fourth-order valence-corrected chi connectivity index (χ4v) is 1.83. The number of ketones is 1. The van der Waals surface area contributed by atoms with Crippen LogP contribution in [0.15, 0.2) is 22.7 Å². The number of rotatable bonds is 3. The lowest BCUT2D eigenvalue weighted by molar-refractivity contribution is -0.150. The number of carbonyl (C=O) groups is 1. The summed E-state index contributed by atoms with van der Waals surface area (Å²) in [6, 6.07) is 4.48. The van der Waals surface area contributed by atoms with Crippen LogP contribution in [-0.4, -0.2) is 25.1 Å². The Morgan fingerprint density at radius 2 is 2.25 bits per heavy atom. The SMILES string of the molecule is COC1C(=O)CC1Oc1ccc(Br)c(F)c1. The first kappa shape index (κ1) is 11.5. The van der Waals surface area contributed by atoms with Gasteiger partial charge in [0.25, 0.3) is 0 Å². The van der Waals surface area contributed by atoms with Gasteiger partial charge in [-0.2, -0.15) is 0 Å². The molecule has 16 heavy (non-hydrogen) atoms. The quantitative estimate of drug-likeness (QED) is 0.856. The number of ether oxygens (including phenoxy) is 2. The van der Waals surface area contributed by atoms with Crippen molar-refractivity contribution in [3.05, 3.63) is 28.5 Å². The number of methoxy groups -OCH3 is 1. The normalized spacial score (nSPS) is 24.1. The zero-order valence-corrected chi connectivity index (χ0v) is 10.2. The Hall–Kier alpha value is -0.940. The highest BCUT2D eigenvalue weighted by Gasteiger charge is 2.42. The summed E-state index contributed by atoms with van der Waals surface area (Å²) in [5.41, 5.74) is 0. The lowest BCUT2D eigenvalue weighted by Crippen LogP contribution is -2.51. The van der Waals surface area contributed by atoms with Gasteiger partial charge in [-0.05, 0) is 28.1 Å². The van der Waals surface area contributed by atoms with Crippen LogP contribution in [0.2, 0.25) is 0 Å². The molecule has 1 aromatic rings. The maximum Gasteiger partial charge on any atom is 0.169 e. The van der Waals surface area contributed by atoms with E-state index in [4.69, 9.17) is 9.47 Å². The zero-order valence-electron chi connectivity index (χ0n) is 8.57. The summed E-state index contributed by atoms with van der Waals surface area (Å²) in [7, 11) is 1.46. The Labute approximate surface area is 101 Å². The molecular formula is C11H10BrFO3. The Bertz CT molecular complexity index is 422. The second-order valence-corrected chi connectivity index (χ2v) is 4.41. The molecule has 0 spiro atoms. The summed E-state index contributed by atoms with van der Waals surface area (Å²) in [5, 5.41) is 0. The number of hydrogen-bond acceptors (Lipinski definition) is 3. The van der Waals surface area contributed by atoms with Crippen molar-refractivity contribution in [2.75, 3.05) is 7.11 Å². The van der Waals surface area contributed by atoms with Crippen LogP contribution in [0.4, 0.5) is 4.39 Å². The molecule has 0 aliphatic heterocycles. The Balaban J connectivity index is 2.05. The summed E-state index contributed by atoms with van der Waals surface area (Å²) in [6.07, 6.45) is -0.513. The Kier molecular flexibility index (Phi) is 3.25. The molecule has 1 aliphatic rings. The number of hydrogen-bond donors (Lipinski definition) is 0. The van der Waals surface area contributed by atoms with Gasteiger partial charge in [0.15, 0.2) is 11.9 Å². The molecule has 0 N–H and O–H groups in total. The van der Waals surface area contributed by atoms with E-state index >= 15 is 0 Å². The average molecular weight is 289 g/mol. The molecule has 1 saturated carbocycles. The van der Waals surface area contributed by atoms with Crippen LogP contribution in [0.25, 0.3) is 0 Å². The molecule has 1 fully saturated rings. The van der Waals surface area contributed by atoms with E-state index in [0.717, 1.165) is 0 Å². The van der Waals surface area contributed by atoms with Gasteiger partial charge in [0.1, 0.15) is 17.7 Å². The molecule has 0 heterocycles. The minimum atomic E-state index is -0.522. The molecule has 0 bridgehead atoms. The summed E-state index contributed by atoms with van der Waals surface area (Å²) in [5.74, 6) is 0.0300. The summed E-state index contributed by atoms with van der Waals surface area (Å²) in [4.78, 5) is 11.1. The van der Waals surface area contributed by atoms with Crippen LogP contribution >= 0.6 is 15.9 Å². The van der Waals surface area contributed by atoms with Crippen LogP contribution < -0.4 is 4.74 Å². The van der Waals surface area contributed by atoms with Crippen molar-refractivity contribution >= 4 is 21.7 Å². The average Bonchev–Trinajstić information content (AvgIpc) is 2.23. The van der Waals surface area contributed by atoms with E-state index < -0.39 is 11.9 Å². The van der Waals surface area contributed by atoms with Gasteiger partial charge in [0.05, 0.1) is 4.47 Å². The van der Waals surface area contributed by atoms with Crippen molar-refractivity contribution in [1.29, 1.82) is 0 Å². The first-order valence-electron chi connectivity index (χ1n) is 4.79. The van der Waals surface area contributed by atoms with Gasteiger partial charge in [-0.15, -0.1) is 0 Å². The van der Waals surface area contributed by atoms with Gasteiger partial charge in [0.2, 0.25) is 0 Å². The van der Waals surface area contributed by atoms with Gasteiger partial charge in [-0.3, -0.25) is 4.79 Å². The van der Waals surface area contributed by atoms with Crippen molar-refractivity contribution in [3.8, 4) is 5.75 Å². The fourth-order valence-electron chi connectivity index (χ4n) is 1.58. The predicted octanol–water partition coefficient (Wildman–Crippen LogP) is 2.32. The molecule has 2 atom stereocenters. The largest absolute Gasteiger partial charge is 0.487 e. The van der Waals surface area contributed by atoms with E-state index in [0.29, 0.717) is 16.6 Å². The van der Waals surface area contributed by atoms with Crippen molar-refractivity contribution in [2.24, 2.45) is 0 Å². The molecule has 0 radical (unpaired) electrons. The molecule has 0 aromatic heterocycles. The maximum atomic E-state index is 13.2. The smallest absolute Gasteiger partial charge is 0.169 e. The molecule has 3 nitrogen and oxygen atoms in total. The van der Waals surface area contributed by atoms with Crippen molar-refractivity contribution in [2.45, 2.75) is 18.6 Å². The summed E-state index contributed by atoms with van der Waals surface area (Å²) in [6.45, 7) is 0. The molecule has 0 saturated heterocycles. The molecule has 5 heteroatoms. The first-order valence-corrected chi connectivity index (χ1v) is 5.58. The van der Waals surface area contributed by atoms with E-state index in [1.807, 2.05) is 0 Å². The van der Waals surface area contributed by atoms with Gasteiger partial charge in [0, 0.05) is 19.6 Å². The number of halogens is 2. The molecule has 2 rings (SSSR count). The summed E-state index contributed by atoms with van der Waals surface area (Å²) >= 11 is 3.05. The topological polar surface area (TPSA) is 35.5 Å². The predicted molar refractivity (Wildman–Crippen MR) is 58.9 cm³/mol. The van der Waals surface area contributed by atoms with Gasteiger partial charge < -0.3 is 9.47 Å². The van der Waals surface area contributed by atoms with Crippen molar-refractivity contribution in [1.82, 2.24) is 0 Å². The standard InChI is InChI=1S/C11H10BrFO3/c1-15-11-9(14)5-10(11)16-6-2-3-7(12)8(13)4-6/h2-4,10-11H,5H2,1H3. The van der Waals surface area contributed by atoms with Crippen molar-refractivity contribution in [3.63, 3.8) is 0 Å². The number of carbonyl (C=O) groups excluding carboxylic acids is 1. The molecule has 2 unspecified atom stereocenters. The third kappa shape index (κ3) is 2.10. The minimum Gasteiger partial charge on any atom is -0.487 e. The highest BCUT2D eigenvalue weighted by atomic mass is 79.9. The van der Waals surface area contributed by atoms with Gasteiger partial charge in [-0.1, -0.05) is 0 Å². The second-order valence-electron chi connectivity index (χ2n) is 3.56. The summed E-state index contributed by atoms with van der Waals surface area (Å²) < 4.78 is 24.0. The molecule has 86 valence electrons. The van der Waals surface area contributed by atoms with Crippen molar-refractivity contribution < 1.29 is 18.7 Å². The molecule has 1 aliphatic carbocycles. The van der Waals surface area contributed by atoms with E-state index in [2.05, 4.69) is 15.9 Å². The fraction of sp³-hybridized carbons (Fsp3) is 0.364. The molecular weight excluding hydrogens is 279 g/mol. The third-order valence-corrected chi connectivity index (χ3v) is 3.13. The van der Waals surface area contributed by atoms with E-state index in [9.17, 15) is 9.18 Å². The highest BCUT2D eigenvalue weighted by Crippen LogP contribution is 2.27. The van der Waals surface area contributed by atoms with Gasteiger partial charge >= 0.3 is 0 Å². The second kappa shape index (κ2) is 4.51. The molecule has 0 amide bonds. The zero-order chi connectivity index (χ0) is 11.7. The molecule has 1 aromatic carbocycles. The Morgan fingerprint density at radius 3 is 2.81 bits per heavy atom. The third-order valence-electron chi connectivity index (χ3n) is 2.49. The van der Waals surface area contributed by atoms with E-state index in [1.54, 1.807) is 12.1 Å². The van der Waals surface area contributed by atoms with Crippen LogP contribution in [0.1, 0.15) is 6.42 Å². The Morgan fingerprint density at radius 1 is 1.50 bits per heavy atom. The maximum absolute atomic E-state index is 13.2.